The fraction of sp³-hybridized carbons (Fsp3) is 0. The number of hydrogen-bond acceptors (Lipinski definition) is 4. The molecule has 0 radical (unpaired) electrons. The van der Waals surface area contributed by atoms with E-state index in [4.69, 9.17) is 21.3 Å². The van der Waals surface area contributed by atoms with Gasteiger partial charge in [-0.3, -0.25) is 4.57 Å². The lowest BCUT2D eigenvalue weighted by molar-refractivity contribution is 0.286. The molecule has 0 spiro atoms. The zero-order valence-corrected chi connectivity index (χ0v) is 8.44. The molecule has 0 bridgehead atoms. The van der Waals surface area contributed by atoms with Gasteiger partial charge in [-0.15, -0.1) is 4.73 Å². The van der Waals surface area contributed by atoms with E-state index in [0.717, 1.165) is 0 Å². The number of hydrogen-bond donors (Lipinski definition) is 0. The second-order valence-electron chi connectivity index (χ2n) is 2.33. The average molecular weight is 215 g/mol. The van der Waals surface area contributed by atoms with E-state index in [1.807, 2.05) is 12.1 Å². The number of benzene rings is 1. The predicted octanol–water partition coefficient (Wildman–Crippen LogP) is 2.06. The number of nitrogens with zero attached hydrogens (tertiary/aromatic N) is 1. The SMILES string of the molecule is O=[PH2]On1c(=S)oc2ccccc21. The molecule has 1 aromatic carbocycles. The summed E-state index contributed by atoms with van der Waals surface area (Å²) in [7, 11) is -1.34. The zero-order valence-electron chi connectivity index (χ0n) is 6.47. The number of fused-ring (bicyclic) bond motifs is 1. The van der Waals surface area contributed by atoms with Gasteiger partial charge >= 0.3 is 4.84 Å². The standard InChI is InChI=1S/C7H6NO3PS/c9-12-11-8-5-3-1-2-4-6(5)10-7(8)13/h1-4H,12H2. The predicted molar refractivity (Wildman–Crippen MR) is 52.0 cm³/mol. The Bertz CT molecular complexity index is 504. The lowest BCUT2D eigenvalue weighted by atomic mass is 10.3. The summed E-state index contributed by atoms with van der Waals surface area (Å²) >= 11 is 4.86. The van der Waals surface area contributed by atoms with Crippen LogP contribution < -0.4 is 4.62 Å². The van der Waals surface area contributed by atoms with Crippen molar-refractivity contribution in [2.24, 2.45) is 0 Å². The maximum atomic E-state index is 10.3. The summed E-state index contributed by atoms with van der Waals surface area (Å²) in [5.41, 5.74) is 1.32. The molecule has 2 aromatic rings. The van der Waals surface area contributed by atoms with Crippen molar-refractivity contribution >= 4 is 32.0 Å². The highest BCUT2D eigenvalue weighted by molar-refractivity contribution is 7.71. The van der Waals surface area contributed by atoms with Crippen LogP contribution in [0, 0.1) is 4.84 Å². The van der Waals surface area contributed by atoms with Crippen LogP contribution in [0.25, 0.3) is 11.1 Å². The third-order valence-electron chi connectivity index (χ3n) is 1.60. The fourth-order valence-electron chi connectivity index (χ4n) is 1.09. The molecule has 0 aliphatic carbocycles. The van der Waals surface area contributed by atoms with Gasteiger partial charge in [-0.25, -0.2) is 0 Å². The minimum Gasteiger partial charge on any atom is -0.427 e. The van der Waals surface area contributed by atoms with Gasteiger partial charge in [0.05, 0.1) is 0 Å². The molecule has 13 heavy (non-hydrogen) atoms. The van der Waals surface area contributed by atoms with E-state index in [9.17, 15) is 4.57 Å². The molecular formula is C7H6NO3PS. The van der Waals surface area contributed by atoms with Crippen LogP contribution in [-0.4, -0.2) is 4.73 Å². The normalized spacial score (nSPS) is 11.4. The van der Waals surface area contributed by atoms with Gasteiger partial charge in [0.2, 0.25) is 0 Å². The van der Waals surface area contributed by atoms with Gasteiger partial charge in [0.1, 0.15) is 5.52 Å². The lowest BCUT2D eigenvalue weighted by Crippen LogP contribution is -1.98. The van der Waals surface area contributed by atoms with Gasteiger partial charge in [-0.2, -0.15) is 0 Å². The maximum absolute atomic E-state index is 10.3. The summed E-state index contributed by atoms with van der Waals surface area (Å²) in [6.07, 6.45) is 0. The van der Waals surface area contributed by atoms with Crippen LogP contribution >= 0.6 is 20.9 Å². The Balaban J connectivity index is 2.78. The minimum atomic E-state index is -1.34. The summed E-state index contributed by atoms with van der Waals surface area (Å²) in [5, 5.41) is 0. The number of rotatable bonds is 2. The van der Waals surface area contributed by atoms with Crippen LogP contribution in [0.3, 0.4) is 0 Å². The third-order valence-corrected chi connectivity index (χ3v) is 2.14. The van der Waals surface area contributed by atoms with Crippen LogP contribution in [0.2, 0.25) is 0 Å². The first-order valence-electron chi connectivity index (χ1n) is 3.54. The monoisotopic (exact) mass is 215 g/mol. The zero-order chi connectivity index (χ0) is 9.26. The van der Waals surface area contributed by atoms with Crippen molar-refractivity contribution in [2.45, 2.75) is 0 Å². The van der Waals surface area contributed by atoms with Crippen molar-refractivity contribution in [1.29, 1.82) is 0 Å². The van der Waals surface area contributed by atoms with E-state index in [0.29, 0.717) is 11.1 Å². The molecule has 0 saturated carbocycles. The van der Waals surface area contributed by atoms with Gasteiger partial charge in [0, 0.05) is 0 Å². The van der Waals surface area contributed by atoms with Crippen molar-refractivity contribution in [1.82, 2.24) is 4.73 Å². The second-order valence-corrected chi connectivity index (χ2v) is 3.08. The first-order chi connectivity index (χ1) is 6.33. The maximum Gasteiger partial charge on any atom is 0.303 e. The van der Waals surface area contributed by atoms with Gasteiger partial charge in [0.25, 0.3) is 8.69 Å². The van der Waals surface area contributed by atoms with Crippen LogP contribution in [0.5, 0.6) is 0 Å². The molecule has 0 N–H and O–H groups in total. The lowest BCUT2D eigenvalue weighted by Gasteiger charge is -1.96. The Morgan fingerprint density at radius 3 is 3.00 bits per heavy atom. The molecule has 2 rings (SSSR count). The molecule has 4 nitrogen and oxygen atoms in total. The second kappa shape index (κ2) is 3.36. The Morgan fingerprint density at radius 2 is 2.23 bits per heavy atom. The summed E-state index contributed by atoms with van der Waals surface area (Å²) in [5.74, 6) is 0. The van der Waals surface area contributed by atoms with Crippen LogP contribution in [0.1, 0.15) is 0 Å². The van der Waals surface area contributed by atoms with E-state index in [1.165, 1.54) is 4.73 Å². The van der Waals surface area contributed by atoms with E-state index in [2.05, 4.69) is 0 Å². The summed E-state index contributed by atoms with van der Waals surface area (Å²) in [4.78, 5) is 0.171. The molecule has 0 fully saturated rings. The average Bonchev–Trinajstić information content (AvgIpc) is 2.44. The third kappa shape index (κ3) is 1.41. The highest BCUT2D eigenvalue weighted by Gasteiger charge is 2.04. The Morgan fingerprint density at radius 1 is 1.46 bits per heavy atom. The van der Waals surface area contributed by atoms with E-state index in [-0.39, 0.29) is 4.84 Å². The molecular weight excluding hydrogens is 209 g/mol. The van der Waals surface area contributed by atoms with Crippen molar-refractivity contribution < 1.29 is 13.6 Å². The highest BCUT2D eigenvalue weighted by Crippen LogP contribution is 2.16. The molecule has 1 aromatic heterocycles. The van der Waals surface area contributed by atoms with E-state index < -0.39 is 8.69 Å². The fourth-order valence-corrected chi connectivity index (χ4v) is 1.69. The van der Waals surface area contributed by atoms with Crippen LogP contribution in [-0.2, 0) is 4.57 Å². The number of para-hydroxylation sites is 2. The molecule has 1 heterocycles. The first kappa shape index (κ1) is 8.53. The molecule has 0 saturated heterocycles. The molecule has 1 unspecified atom stereocenters. The molecule has 0 aliphatic rings. The largest absolute Gasteiger partial charge is 0.427 e. The van der Waals surface area contributed by atoms with Gasteiger partial charge in [0.15, 0.2) is 5.58 Å². The molecule has 1 atom stereocenters. The van der Waals surface area contributed by atoms with Gasteiger partial charge < -0.3 is 9.04 Å². The van der Waals surface area contributed by atoms with Crippen LogP contribution in [0.4, 0.5) is 0 Å². The molecule has 0 amide bonds. The van der Waals surface area contributed by atoms with Crippen molar-refractivity contribution in [3.63, 3.8) is 0 Å². The quantitative estimate of drug-likeness (QED) is 0.568. The van der Waals surface area contributed by atoms with Crippen LogP contribution in [0.15, 0.2) is 28.7 Å². The topological polar surface area (TPSA) is 44.4 Å². The number of aromatic nitrogens is 1. The molecule has 68 valence electrons. The minimum absolute atomic E-state index is 0.171. The van der Waals surface area contributed by atoms with Gasteiger partial charge in [-0.05, 0) is 24.4 Å². The van der Waals surface area contributed by atoms with Gasteiger partial charge in [-0.1, -0.05) is 12.1 Å². The Labute approximate surface area is 80.0 Å². The first-order valence-corrected chi connectivity index (χ1v) is 4.89. The summed E-state index contributed by atoms with van der Waals surface area (Å²) in [6, 6.07) is 7.20. The van der Waals surface area contributed by atoms with Crippen molar-refractivity contribution in [3.8, 4) is 0 Å². The molecule has 0 aliphatic heterocycles. The molecule has 6 heteroatoms. The number of oxazole rings is 1. The summed E-state index contributed by atoms with van der Waals surface area (Å²) in [6.45, 7) is 0. The summed E-state index contributed by atoms with van der Waals surface area (Å²) < 4.78 is 21.6. The van der Waals surface area contributed by atoms with E-state index in [1.54, 1.807) is 12.1 Å². The van der Waals surface area contributed by atoms with Crippen molar-refractivity contribution in [3.05, 3.63) is 29.1 Å². The smallest absolute Gasteiger partial charge is 0.303 e. The van der Waals surface area contributed by atoms with E-state index >= 15 is 0 Å². The Kier molecular flexibility index (Phi) is 2.20. The highest BCUT2D eigenvalue weighted by atomic mass is 32.1. The Hall–Kier alpha value is -1.06. The van der Waals surface area contributed by atoms with Crippen molar-refractivity contribution in [2.75, 3.05) is 0 Å².